The largest absolute Gasteiger partial charge is 0.465 e. The van der Waals surface area contributed by atoms with E-state index in [-0.39, 0.29) is 6.61 Å². The van der Waals surface area contributed by atoms with Gasteiger partial charge in [-0.25, -0.2) is 9.86 Å². The zero-order valence-corrected chi connectivity index (χ0v) is 9.76. The summed E-state index contributed by atoms with van der Waals surface area (Å²) in [5.74, 6) is -0.449. The summed E-state index contributed by atoms with van der Waals surface area (Å²) >= 11 is 0. The van der Waals surface area contributed by atoms with Crippen molar-refractivity contribution in [3.63, 3.8) is 0 Å². The molecule has 1 aliphatic heterocycles. The summed E-state index contributed by atoms with van der Waals surface area (Å²) in [6.45, 7) is 3.23. The number of amides is 2. The van der Waals surface area contributed by atoms with Gasteiger partial charge in [0, 0.05) is 7.05 Å². The molecule has 1 aliphatic rings. The quantitative estimate of drug-likeness (QED) is 0.684. The summed E-state index contributed by atoms with van der Waals surface area (Å²) in [7, 11) is 2.76. The van der Waals surface area contributed by atoms with E-state index in [0.29, 0.717) is 0 Å². The van der Waals surface area contributed by atoms with Gasteiger partial charge in [-0.3, -0.25) is 14.5 Å². The van der Waals surface area contributed by atoms with Gasteiger partial charge in [-0.1, -0.05) is 0 Å². The molecule has 1 heterocycles. The minimum absolute atomic E-state index is 0.0336. The summed E-state index contributed by atoms with van der Waals surface area (Å²) in [5.41, 5.74) is -0.999. The highest BCUT2D eigenvalue weighted by Crippen LogP contribution is 2.28. The molecule has 7 heteroatoms. The normalized spacial score (nSPS) is 23.2. The van der Waals surface area contributed by atoms with Crippen molar-refractivity contribution in [2.24, 2.45) is 0 Å². The number of rotatable bonds is 2. The Labute approximate surface area is 93.5 Å². The van der Waals surface area contributed by atoms with E-state index in [1.54, 1.807) is 13.8 Å². The first-order valence-electron chi connectivity index (χ1n) is 4.79. The molecule has 0 aromatic carbocycles. The first kappa shape index (κ1) is 12.7. The molecule has 0 aliphatic carbocycles. The van der Waals surface area contributed by atoms with E-state index in [1.165, 1.54) is 14.2 Å². The van der Waals surface area contributed by atoms with Gasteiger partial charge in [0.1, 0.15) is 11.8 Å². The van der Waals surface area contributed by atoms with Gasteiger partial charge in [-0.2, -0.15) is 0 Å². The molecule has 7 nitrogen and oxygen atoms in total. The Kier molecular flexibility index (Phi) is 3.39. The summed E-state index contributed by atoms with van der Waals surface area (Å²) in [6.07, 6.45) is -1.19. The molecular formula is C9H16N2O5. The van der Waals surface area contributed by atoms with Crippen molar-refractivity contribution in [3.05, 3.63) is 0 Å². The fourth-order valence-corrected chi connectivity index (χ4v) is 1.65. The van der Waals surface area contributed by atoms with Crippen molar-refractivity contribution in [1.82, 2.24) is 9.96 Å². The molecule has 1 unspecified atom stereocenters. The fourth-order valence-electron chi connectivity index (χ4n) is 1.65. The molecular weight excluding hydrogens is 216 g/mol. The smallest absolute Gasteiger partial charge is 0.410 e. The van der Waals surface area contributed by atoms with Crippen LogP contribution in [0.25, 0.3) is 0 Å². The van der Waals surface area contributed by atoms with Crippen molar-refractivity contribution >= 4 is 12.0 Å². The molecule has 16 heavy (non-hydrogen) atoms. The number of carbonyl (C=O) groups is 2. The zero-order valence-electron chi connectivity index (χ0n) is 9.76. The van der Waals surface area contributed by atoms with Gasteiger partial charge in [0.25, 0.3) is 5.91 Å². The molecule has 1 rings (SSSR count). The van der Waals surface area contributed by atoms with Crippen LogP contribution >= 0.6 is 0 Å². The van der Waals surface area contributed by atoms with E-state index in [4.69, 9.17) is 14.7 Å². The van der Waals surface area contributed by atoms with E-state index in [0.717, 1.165) is 9.96 Å². The summed E-state index contributed by atoms with van der Waals surface area (Å²) in [4.78, 5) is 28.6. The van der Waals surface area contributed by atoms with Crippen molar-refractivity contribution in [2.45, 2.75) is 25.6 Å². The Hall–Kier alpha value is -1.34. The second-order valence-corrected chi connectivity index (χ2v) is 3.94. The molecule has 1 atom stereocenters. The van der Waals surface area contributed by atoms with Crippen LogP contribution in [0.1, 0.15) is 13.8 Å². The summed E-state index contributed by atoms with van der Waals surface area (Å²) < 4.78 is 5.28. The van der Waals surface area contributed by atoms with Crippen LogP contribution in [-0.2, 0) is 14.4 Å². The van der Waals surface area contributed by atoms with Crippen LogP contribution in [0.4, 0.5) is 4.79 Å². The van der Waals surface area contributed by atoms with Crippen molar-refractivity contribution in [3.8, 4) is 0 Å². The molecule has 0 aromatic heterocycles. The molecule has 0 bridgehead atoms. The molecule has 1 fully saturated rings. The monoisotopic (exact) mass is 232 g/mol. The molecule has 0 saturated carbocycles. The van der Waals surface area contributed by atoms with Crippen LogP contribution in [0.5, 0.6) is 0 Å². The number of hydrogen-bond donors (Lipinski definition) is 1. The SMILES string of the molecule is CON(C)C(=O)C1COC(C)(C)N1C(=O)O. The molecule has 2 amide bonds. The topological polar surface area (TPSA) is 79.3 Å². The van der Waals surface area contributed by atoms with Crippen LogP contribution in [0.2, 0.25) is 0 Å². The minimum atomic E-state index is -1.19. The van der Waals surface area contributed by atoms with E-state index in [9.17, 15) is 9.59 Å². The third-order valence-electron chi connectivity index (χ3n) is 2.56. The first-order valence-corrected chi connectivity index (χ1v) is 4.79. The standard InChI is InChI=1S/C9H16N2O5/c1-9(2)11(8(13)14)6(5-16-9)7(12)10(3)15-4/h6H,5H2,1-4H3,(H,13,14). The van der Waals surface area contributed by atoms with E-state index < -0.39 is 23.8 Å². The fraction of sp³-hybridized carbons (Fsp3) is 0.778. The summed E-state index contributed by atoms with van der Waals surface area (Å²) in [5, 5.41) is 10.0. The van der Waals surface area contributed by atoms with Crippen LogP contribution in [0, 0.1) is 0 Å². The van der Waals surface area contributed by atoms with E-state index in [2.05, 4.69) is 0 Å². The maximum absolute atomic E-state index is 11.8. The lowest BCUT2D eigenvalue weighted by molar-refractivity contribution is -0.173. The number of nitrogens with zero attached hydrogens (tertiary/aromatic N) is 2. The van der Waals surface area contributed by atoms with Crippen LogP contribution in [0.3, 0.4) is 0 Å². The van der Waals surface area contributed by atoms with Gasteiger partial charge in [0.2, 0.25) is 0 Å². The molecule has 0 aromatic rings. The number of carbonyl (C=O) groups excluding carboxylic acids is 1. The lowest BCUT2D eigenvalue weighted by atomic mass is 10.2. The number of carboxylic acid groups (broad SMARTS) is 1. The maximum atomic E-state index is 11.8. The molecule has 1 saturated heterocycles. The van der Waals surface area contributed by atoms with Crippen LogP contribution < -0.4 is 0 Å². The Morgan fingerprint density at radius 2 is 2.12 bits per heavy atom. The molecule has 92 valence electrons. The highest BCUT2D eigenvalue weighted by molar-refractivity contribution is 5.85. The summed E-state index contributed by atoms with van der Waals surface area (Å²) in [6, 6.07) is -0.863. The Balaban J connectivity index is 2.90. The molecule has 0 radical (unpaired) electrons. The van der Waals surface area contributed by atoms with Crippen molar-refractivity contribution in [2.75, 3.05) is 20.8 Å². The average Bonchev–Trinajstić information content (AvgIpc) is 2.51. The predicted octanol–water partition coefficient (Wildman–Crippen LogP) is 0.121. The maximum Gasteiger partial charge on any atom is 0.410 e. The second-order valence-electron chi connectivity index (χ2n) is 3.94. The minimum Gasteiger partial charge on any atom is -0.465 e. The lowest BCUT2D eigenvalue weighted by Crippen LogP contribution is -2.53. The number of ether oxygens (including phenoxy) is 1. The average molecular weight is 232 g/mol. The van der Waals surface area contributed by atoms with Crippen LogP contribution in [0.15, 0.2) is 0 Å². The Bertz CT molecular complexity index is 304. The molecule has 0 spiro atoms. The van der Waals surface area contributed by atoms with Gasteiger partial charge < -0.3 is 9.84 Å². The number of hydrogen-bond acceptors (Lipinski definition) is 4. The van der Waals surface area contributed by atoms with Crippen molar-refractivity contribution in [1.29, 1.82) is 0 Å². The molecule has 1 N–H and O–H groups in total. The van der Waals surface area contributed by atoms with E-state index >= 15 is 0 Å². The third-order valence-corrected chi connectivity index (χ3v) is 2.56. The van der Waals surface area contributed by atoms with Gasteiger partial charge in [0.15, 0.2) is 0 Å². The number of likely N-dealkylation sites (N-methyl/N-ethyl adjacent to an activating group) is 1. The zero-order chi connectivity index (χ0) is 12.5. The highest BCUT2D eigenvalue weighted by Gasteiger charge is 2.48. The highest BCUT2D eigenvalue weighted by atomic mass is 16.7. The van der Waals surface area contributed by atoms with Gasteiger partial charge >= 0.3 is 6.09 Å². The number of hydroxylamine groups is 2. The van der Waals surface area contributed by atoms with Gasteiger partial charge in [0.05, 0.1) is 13.7 Å². The van der Waals surface area contributed by atoms with E-state index in [1.807, 2.05) is 0 Å². The van der Waals surface area contributed by atoms with Gasteiger partial charge in [-0.05, 0) is 13.8 Å². The first-order chi connectivity index (χ1) is 7.31. The predicted molar refractivity (Wildman–Crippen MR) is 53.5 cm³/mol. The third kappa shape index (κ3) is 2.10. The lowest BCUT2D eigenvalue weighted by Gasteiger charge is -2.31. The van der Waals surface area contributed by atoms with Crippen molar-refractivity contribution < 1.29 is 24.3 Å². The second kappa shape index (κ2) is 4.26. The van der Waals surface area contributed by atoms with Gasteiger partial charge in [-0.15, -0.1) is 0 Å². The van der Waals surface area contributed by atoms with Crippen LogP contribution in [-0.4, -0.2) is 59.6 Å². The Morgan fingerprint density at radius 3 is 2.56 bits per heavy atom. The Morgan fingerprint density at radius 1 is 1.56 bits per heavy atom.